The summed E-state index contributed by atoms with van der Waals surface area (Å²) in [5.41, 5.74) is 5.42. The molecule has 0 saturated carbocycles. The Balaban J connectivity index is 2.26. The fraction of sp³-hybridized carbons (Fsp3) is 0.286. The van der Waals surface area contributed by atoms with Crippen molar-refractivity contribution in [2.45, 2.75) is 0 Å². The number of nitrogens with zero attached hydrogens (tertiary/aromatic N) is 4. The van der Waals surface area contributed by atoms with Gasteiger partial charge in [0.25, 0.3) is 5.82 Å². The van der Waals surface area contributed by atoms with Crippen LogP contribution < -0.4 is 10.9 Å². The van der Waals surface area contributed by atoms with Crippen LogP contribution in [-0.4, -0.2) is 26.8 Å². The van der Waals surface area contributed by atoms with Crippen molar-refractivity contribution in [2.24, 2.45) is 7.05 Å². The summed E-state index contributed by atoms with van der Waals surface area (Å²) in [5.74, 6) is 0.671. The van der Waals surface area contributed by atoms with Gasteiger partial charge in [0.05, 0.1) is 13.2 Å². The van der Waals surface area contributed by atoms with Crippen molar-refractivity contribution < 1.29 is 9.76 Å². The van der Waals surface area contributed by atoms with Crippen molar-refractivity contribution >= 4 is 11.6 Å². The molecule has 1 aromatic rings. The van der Waals surface area contributed by atoms with Gasteiger partial charge in [-0.05, 0) is 4.92 Å². The minimum Gasteiger partial charge on any atom is -0.363 e. The maximum Gasteiger partial charge on any atom is 0.343 e. The summed E-state index contributed by atoms with van der Waals surface area (Å²) in [6, 6.07) is 0. The fourth-order valence-corrected chi connectivity index (χ4v) is 1.28. The highest BCUT2D eigenvalue weighted by Crippen LogP contribution is 2.21. The summed E-state index contributed by atoms with van der Waals surface area (Å²) in [4.78, 5) is 19.3. The van der Waals surface area contributed by atoms with Gasteiger partial charge in [-0.3, -0.25) is 5.43 Å². The lowest BCUT2D eigenvalue weighted by atomic mass is 10.5. The third-order valence-corrected chi connectivity index (χ3v) is 2.08. The topological polar surface area (TPSA) is 97.5 Å². The zero-order valence-electron chi connectivity index (χ0n) is 8.67. The van der Waals surface area contributed by atoms with Gasteiger partial charge in [-0.25, -0.2) is 15.0 Å². The third-order valence-electron chi connectivity index (χ3n) is 2.08. The Morgan fingerprint density at radius 1 is 1.69 bits per heavy atom. The standard InChI is InChI=1S/C7H10N6O3/c1-8-13-10-3-5(16-13)7-9-4-6(11(7)2)12(14)15/h3-4,8,10H,1-2H3. The lowest BCUT2D eigenvalue weighted by molar-refractivity contribution is -0.391. The number of hydrogen-bond acceptors (Lipinski definition) is 7. The average Bonchev–Trinajstić information content (AvgIpc) is 2.83. The molecule has 0 aromatic carbocycles. The predicted octanol–water partition coefficient (Wildman–Crippen LogP) is -0.487. The van der Waals surface area contributed by atoms with E-state index in [0.717, 1.165) is 0 Å². The largest absolute Gasteiger partial charge is 0.363 e. The summed E-state index contributed by atoms with van der Waals surface area (Å²) in [6.45, 7) is 0. The van der Waals surface area contributed by atoms with Crippen LogP contribution in [0.25, 0.3) is 5.76 Å². The van der Waals surface area contributed by atoms with Gasteiger partial charge in [-0.15, -0.1) is 0 Å². The summed E-state index contributed by atoms with van der Waals surface area (Å²) in [6.07, 6.45) is 2.73. The molecule has 2 heterocycles. The molecule has 9 heteroatoms. The molecule has 1 aliphatic rings. The molecule has 0 amide bonds. The van der Waals surface area contributed by atoms with Crippen molar-refractivity contribution in [3.05, 3.63) is 28.3 Å². The fourth-order valence-electron chi connectivity index (χ4n) is 1.28. The van der Waals surface area contributed by atoms with Crippen LogP contribution in [0.5, 0.6) is 0 Å². The van der Waals surface area contributed by atoms with E-state index in [-0.39, 0.29) is 5.82 Å². The highest BCUT2D eigenvalue weighted by Gasteiger charge is 2.25. The second kappa shape index (κ2) is 3.79. The Kier molecular flexibility index (Phi) is 2.46. The number of rotatable bonds is 3. The van der Waals surface area contributed by atoms with E-state index in [4.69, 9.17) is 4.84 Å². The smallest absolute Gasteiger partial charge is 0.343 e. The van der Waals surface area contributed by atoms with Crippen LogP contribution in [-0.2, 0) is 11.9 Å². The Hall–Kier alpha value is -2.13. The van der Waals surface area contributed by atoms with Crippen LogP contribution in [0.3, 0.4) is 0 Å². The monoisotopic (exact) mass is 226 g/mol. The highest BCUT2D eigenvalue weighted by atomic mass is 16.8. The molecule has 0 radical (unpaired) electrons. The van der Waals surface area contributed by atoms with E-state index in [1.807, 2.05) is 0 Å². The molecule has 86 valence electrons. The van der Waals surface area contributed by atoms with E-state index in [1.165, 1.54) is 16.0 Å². The summed E-state index contributed by atoms with van der Waals surface area (Å²) in [5, 5.41) is 11.9. The first kappa shape index (κ1) is 10.4. The van der Waals surface area contributed by atoms with Gasteiger partial charge in [0, 0.05) is 12.3 Å². The number of imidazole rings is 1. The third kappa shape index (κ3) is 1.57. The first-order chi connectivity index (χ1) is 7.63. The zero-order valence-corrected chi connectivity index (χ0v) is 8.67. The zero-order chi connectivity index (χ0) is 11.7. The average molecular weight is 226 g/mol. The highest BCUT2D eigenvalue weighted by molar-refractivity contribution is 5.55. The number of hydrogen-bond donors (Lipinski definition) is 2. The quantitative estimate of drug-likeness (QED) is 0.530. The molecule has 16 heavy (non-hydrogen) atoms. The van der Waals surface area contributed by atoms with Crippen molar-refractivity contribution in [1.82, 2.24) is 25.7 Å². The molecule has 2 rings (SSSR count). The van der Waals surface area contributed by atoms with E-state index in [0.29, 0.717) is 11.6 Å². The van der Waals surface area contributed by atoms with E-state index in [1.54, 1.807) is 20.3 Å². The molecule has 1 aliphatic heterocycles. The van der Waals surface area contributed by atoms with Crippen LogP contribution in [0.4, 0.5) is 5.82 Å². The maximum atomic E-state index is 10.6. The molecule has 0 aliphatic carbocycles. The molecule has 1 aromatic heterocycles. The number of hydrazine groups is 2. The van der Waals surface area contributed by atoms with Gasteiger partial charge in [0.15, 0.2) is 0 Å². The summed E-state index contributed by atoms with van der Waals surface area (Å²) >= 11 is 0. The molecule has 0 fully saturated rings. The molecule has 0 saturated heterocycles. The molecular formula is C7H10N6O3. The molecule has 2 N–H and O–H groups in total. The molecule has 0 unspecified atom stereocenters. The summed E-state index contributed by atoms with van der Waals surface area (Å²) in [7, 11) is 3.21. The number of aromatic nitrogens is 2. The molecule has 0 atom stereocenters. The van der Waals surface area contributed by atoms with Crippen LogP contribution in [0, 0.1) is 10.1 Å². The molecule has 0 spiro atoms. The van der Waals surface area contributed by atoms with Crippen LogP contribution in [0.1, 0.15) is 5.82 Å². The van der Waals surface area contributed by atoms with Gasteiger partial charge in [0.1, 0.15) is 6.20 Å². The van der Waals surface area contributed by atoms with Crippen molar-refractivity contribution in [1.29, 1.82) is 0 Å². The van der Waals surface area contributed by atoms with Crippen molar-refractivity contribution in [3.63, 3.8) is 0 Å². The summed E-state index contributed by atoms with van der Waals surface area (Å²) < 4.78 is 1.34. The minimum atomic E-state index is -0.505. The lowest BCUT2D eigenvalue weighted by Gasteiger charge is -2.12. The Morgan fingerprint density at radius 3 is 2.94 bits per heavy atom. The van der Waals surface area contributed by atoms with Gasteiger partial charge in [0.2, 0.25) is 5.76 Å². The van der Waals surface area contributed by atoms with E-state index in [9.17, 15) is 10.1 Å². The molecule has 0 bridgehead atoms. The molecular weight excluding hydrogens is 216 g/mol. The maximum absolute atomic E-state index is 10.6. The van der Waals surface area contributed by atoms with Crippen LogP contribution in [0.15, 0.2) is 12.4 Å². The first-order valence-electron chi connectivity index (χ1n) is 4.41. The van der Waals surface area contributed by atoms with Crippen molar-refractivity contribution in [3.8, 4) is 0 Å². The van der Waals surface area contributed by atoms with E-state index >= 15 is 0 Å². The van der Waals surface area contributed by atoms with Gasteiger partial charge in [-0.2, -0.15) is 0 Å². The SMILES string of the molecule is CNN1NC=C(c2ncc([N+](=O)[O-])n2C)O1. The van der Waals surface area contributed by atoms with Crippen LogP contribution >= 0.6 is 0 Å². The van der Waals surface area contributed by atoms with Crippen molar-refractivity contribution in [2.75, 3.05) is 7.05 Å². The van der Waals surface area contributed by atoms with Gasteiger partial charge in [-0.1, -0.05) is 0 Å². The predicted molar refractivity (Wildman–Crippen MR) is 53.0 cm³/mol. The lowest BCUT2D eigenvalue weighted by Crippen LogP contribution is -2.38. The first-order valence-corrected chi connectivity index (χ1v) is 4.41. The normalized spacial score (nSPS) is 15.5. The van der Waals surface area contributed by atoms with Crippen LogP contribution in [0.2, 0.25) is 0 Å². The Bertz CT molecular complexity index is 453. The second-order valence-corrected chi connectivity index (χ2v) is 3.00. The Morgan fingerprint density at radius 2 is 2.44 bits per heavy atom. The van der Waals surface area contributed by atoms with E-state index in [2.05, 4.69) is 15.8 Å². The van der Waals surface area contributed by atoms with Gasteiger partial charge >= 0.3 is 5.82 Å². The molecule has 9 nitrogen and oxygen atoms in total. The number of nitrogens with one attached hydrogen (secondary N) is 2. The van der Waals surface area contributed by atoms with Gasteiger partial charge < -0.3 is 15.0 Å². The second-order valence-electron chi connectivity index (χ2n) is 3.00. The minimum absolute atomic E-state index is 0.0950. The Labute approximate surface area is 90.4 Å². The van der Waals surface area contributed by atoms with E-state index < -0.39 is 4.92 Å². The number of nitro groups is 1.